The molecule has 112 valence electrons. The van der Waals surface area contributed by atoms with Gasteiger partial charge in [-0.1, -0.05) is 17.7 Å². The Hall–Kier alpha value is -0.910. The van der Waals surface area contributed by atoms with E-state index in [1.54, 1.807) is 24.3 Å². The zero-order valence-corrected chi connectivity index (χ0v) is 12.8. The molecule has 1 aromatic carbocycles. The van der Waals surface area contributed by atoms with Gasteiger partial charge in [0.05, 0.1) is 17.1 Å². The monoisotopic (exact) mass is 298 g/mol. The fraction of sp³-hybridized carbons (Fsp3) is 0.600. The Bertz CT molecular complexity index is 536. The van der Waals surface area contributed by atoms with Gasteiger partial charge in [-0.2, -0.15) is 8.42 Å². The first-order chi connectivity index (χ1) is 9.28. The van der Waals surface area contributed by atoms with Crippen molar-refractivity contribution in [2.75, 3.05) is 6.61 Å². The van der Waals surface area contributed by atoms with Crippen LogP contribution < -0.4 is 0 Å². The Kier molecular flexibility index (Phi) is 4.52. The molecule has 1 aliphatic carbocycles. The molecule has 0 amide bonds. The summed E-state index contributed by atoms with van der Waals surface area (Å²) in [4.78, 5) is 0.200. The largest absolute Gasteiger partial charge is 0.390 e. The van der Waals surface area contributed by atoms with Gasteiger partial charge in [0.25, 0.3) is 10.1 Å². The van der Waals surface area contributed by atoms with E-state index in [9.17, 15) is 13.5 Å². The third-order valence-corrected chi connectivity index (χ3v) is 5.25. The topological polar surface area (TPSA) is 63.6 Å². The highest BCUT2D eigenvalue weighted by Gasteiger charge is 2.29. The van der Waals surface area contributed by atoms with Gasteiger partial charge < -0.3 is 5.11 Å². The first-order valence-electron chi connectivity index (χ1n) is 6.97. The van der Waals surface area contributed by atoms with Crippen LogP contribution in [-0.2, 0) is 14.3 Å². The van der Waals surface area contributed by atoms with Crippen LogP contribution in [0.25, 0.3) is 0 Å². The van der Waals surface area contributed by atoms with E-state index in [4.69, 9.17) is 4.18 Å². The van der Waals surface area contributed by atoms with E-state index in [0.717, 1.165) is 18.4 Å². The zero-order valence-electron chi connectivity index (χ0n) is 12.0. The molecule has 0 aromatic heterocycles. The van der Waals surface area contributed by atoms with Gasteiger partial charge in [-0.25, -0.2) is 0 Å². The second-order valence-electron chi connectivity index (χ2n) is 5.99. The van der Waals surface area contributed by atoms with Gasteiger partial charge in [-0.15, -0.1) is 0 Å². The Morgan fingerprint density at radius 1 is 1.25 bits per heavy atom. The van der Waals surface area contributed by atoms with Gasteiger partial charge in [-0.3, -0.25) is 4.18 Å². The molecule has 0 unspecified atom stereocenters. The minimum absolute atomic E-state index is 0.200. The van der Waals surface area contributed by atoms with Crippen LogP contribution in [0.1, 0.15) is 38.2 Å². The molecule has 0 spiro atoms. The predicted molar refractivity (Wildman–Crippen MR) is 76.9 cm³/mol. The van der Waals surface area contributed by atoms with Crippen LogP contribution in [0.2, 0.25) is 0 Å². The lowest BCUT2D eigenvalue weighted by atomic mass is 9.80. The lowest BCUT2D eigenvalue weighted by Gasteiger charge is -2.32. The molecule has 0 saturated heterocycles. The molecule has 0 bridgehead atoms. The summed E-state index contributed by atoms with van der Waals surface area (Å²) in [6, 6.07) is 6.65. The number of aliphatic hydroxyl groups is 1. The molecule has 20 heavy (non-hydrogen) atoms. The number of rotatable bonds is 4. The molecule has 1 N–H and O–H groups in total. The van der Waals surface area contributed by atoms with Gasteiger partial charge in [0.1, 0.15) is 0 Å². The summed E-state index contributed by atoms with van der Waals surface area (Å²) in [6.07, 6.45) is 3.00. The van der Waals surface area contributed by atoms with E-state index in [0.29, 0.717) is 12.8 Å². The highest BCUT2D eigenvalue weighted by molar-refractivity contribution is 7.86. The van der Waals surface area contributed by atoms with Crippen molar-refractivity contribution < 1.29 is 17.7 Å². The second kappa shape index (κ2) is 5.84. The molecule has 0 radical (unpaired) electrons. The third-order valence-electron chi connectivity index (χ3n) is 3.95. The minimum Gasteiger partial charge on any atom is -0.390 e. The quantitative estimate of drug-likeness (QED) is 0.868. The van der Waals surface area contributed by atoms with E-state index >= 15 is 0 Å². The van der Waals surface area contributed by atoms with Crippen LogP contribution in [0.3, 0.4) is 0 Å². The fourth-order valence-electron chi connectivity index (χ4n) is 2.42. The zero-order chi connectivity index (χ0) is 14.8. The Balaban J connectivity index is 1.92. The molecule has 0 atom stereocenters. The minimum atomic E-state index is -3.67. The molecule has 5 heteroatoms. The van der Waals surface area contributed by atoms with Gasteiger partial charge >= 0.3 is 0 Å². The summed E-state index contributed by atoms with van der Waals surface area (Å²) in [5.41, 5.74) is 0.408. The normalized spacial score (nSPS) is 27.4. The molecule has 4 nitrogen and oxygen atoms in total. The van der Waals surface area contributed by atoms with Gasteiger partial charge in [0.2, 0.25) is 0 Å². The summed E-state index contributed by atoms with van der Waals surface area (Å²) in [7, 11) is -3.67. The van der Waals surface area contributed by atoms with Crippen molar-refractivity contribution in [2.24, 2.45) is 5.92 Å². The van der Waals surface area contributed by atoms with E-state index in [1.807, 2.05) is 13.8 Å². The molecular formula is C15H22O4S. The predicted octanol–water partition coefficient (Wildman–Crippen LogP) is 2.64. The number of benzene rings is 1. The van der Waals surface area contributed by atoms with Crippen molar-refractivity contribution in [3.05, 3.63) is 29.8 Å². The maximum atomic E-state index is 12.0. The highest BCUT2D eigenvalue weighted by Crippen LogP contribution is 2.32. The van der Waals surface area contributed by atoms with Crippen molar-refractivity contribution >= 4 is 10.1 Å². The van der Waals surface area contributed by atoms with Crippen molar-refractivity contribution in [1.82, 2.24) is 0 Å². The van der Waals surface area contributed by atoms with Crippen LogP contribution in [-0.4, -0.2) is 25.7 Å². The second-order valence-corrected chi connectivity index (χ2v) is 7.61. The Morgan fingerprint density at radius 2 is 1.80 bits per heavy atom. The van der Waals surface area contributed by atoms with Crippen LogP contribution in [0, 0.1) is 12.8 Å². The first-order valence-corrected chi connectivity index (χ1v) is 8.38. The van der Waals surface area contributed by atoms with Crippen molar-refractivity contribution in [3.63, 3.8) is 0 Å². The average Bonchev–Trinajstić information content (AvgIpc) is 2.38. The fourth-order valence-corrected chi connectivity index (χ4v) is 3.40. The SMILES string of the molecule is Cc1ccc(S(=O)(=O)OCC2CCC(C)(O)CC2)cc1. The molecule has 1 aromatic rings. The maximum Gasteiger partial charge on any atom is 0.296 e. The molecule has 0 aliphatic heterocycles. The summed E-state index contributed by atoms with van der Waals surface area (Å²) >= 11 is 0. The lowest BCUT2D eigenvalue weighted by Crippen LogP contribution is -2.32. The van der Waals surface area contributed by atoms with Crippen molar-refractivity contribution in [1.29, 1.82) is 0 Å². The van der Waals surface area contributed by atoms with Crippen LogP contribution >= 0.6 is 0 Å². The van der Waals surface area contributed by atoms with E-state index < -0.39 is 15.7 Å². The van der Waals surface area contributed by atoms with Gasteiger partial charge in [-0.05, 0) is 57.6 Å². The summed E-state index contributed by atoms with van der Waals surface area (Å²) < 4.78 is 29.2. The van der Waals surface area contributed by atoms with Crippen molar-refractivity contribution in [2.45, 2.75) is 50.0 Å². The maximum absolute atomic E-state index is 12.0. The van der Waals surface area contributed by atoms with E-state index in [-0.39, 0.29) is 17.4 Å². The van der Waals surface area contributed by atoms with Crippen LogP contribution in [0.4, 0.5) is 0 Å². The number of hydrogen-bond donors (Lipinski definition) is 1. The van der Waals surface area contributed by atoms with Gasteiger partial charge in [0.15, 0.2) is 0 Å². The van der Waals surface area contributed by atoms with Crippen LogP contribution in [0.5, 0.6) is 0 Å². The molecule has 1 aliphatic rings. The Morgan fingerprint density at radius 3 is 2.35 bits per heavy atom. The summed E-state index contributed by atoms with van der Waals surface area (Å²) in [5.74, 6) is 0.204. The smallest absolute Gasteiger partial charge is 0.296 e. The lowest BCUT2D eigenvalue weighted by molar-refractivity contribution is 0.00199. The first kappa shape index (κ1) is 15.5. The molecular weight excluding hydrogens is 276 g/mol. The molecule has 2 rings (SSSR count). The Labute approximate surface area is 120 Å². The average molecular weight is 298 g/mol. The highest BCUT2D eigenvalue weighted by atomic mass is 32.2. The van der Waals surface area contributed by atoms with Gasteiger partial charge in [0, 0.05) is 0 Å². The van der Waals surface area contributed by atoms with Crippen molar-refractivity contribution in [3.8, 4) is 0 Å². The van der Waals surface area contributed by atoms with E-state index in [2.05, 4.69) is 0 Å². The number of aryl methyl sites for hydroxylation is 1. The molecule has 1 fully saturated rings. The standard InChI is InChI=1S/C15H22O4S/c1-12-3-5-14(6-4-12)20(17,18)19-11-13-7-9-15(2,16)10-8-13/h3-6,13,16H,7-11H2,1-2H3. The van der Waals surface area contributed by atoms with Crippen LogP contribution in [0.15, 0.2) is 29.2 Å². The summed E-state index contributed by atoms with van der Waals surface area (Å²) in [6.45, 7) is 3.94. The molecule has 0 heterocycles. The molecule has 1 saturated carbocycles. The third kappa shape index (κ3) is 4.04. The summed E-state index contributed by atoms with van der Waals surface area (Å²) in [5, 5.41) is 9.87. The van der Waals surface area contributed by atoms with E-state index in [1.165, 1.54) is 0 Å². The number of hydrogen-bond acceptors (Lipinski definition) is 4.